The van der Waals surface area contributed by atoms with Crippen molar-refractivity contribution in [3.05, 3.63) is 10.6 Å². The molecular formula is C13H25N3O2S2. The van der Waals surface area contributed by atoms with Crippen LogP contribution in [0.1, 0.15) is 57.1 Å². The highest BCUT2D eigenvalue weighted by atomic mass is 32.2. The number of hydrogen-bond acceptors (Lipinski definition) is 6. The van der Waals surface area contributed by atoms with Crippen LogP contribution in [0, 0.1) is 0 Å². The van der Waals surface area contributed by atoms with Gasteiger partial charge in [0.2, 0.25) is 0 Å². The fourth-order valence-corrected chi connectivity index (χ4v) is 3.91. The van der Waals surface area contributed by atoms with E-state index in [2.05, 4.69) is 35.7 Å². The standard InChI is InChI=1S/C13H25N3O2S2/c1-6-20(17,18)9-7-8-10(14-5)11-12(13(2,3)4)15-16-19-11/h10,14H,6-9H2,1-5H3. The molecule has 5 nitrogen and oxygen atoms in total. The van der Waals surface area contributed by atoms with Crippen molar-refractivity contribution in [2.45, 2.75) is 52.0 Å². The van der Waals surface area contributed by atoms with E-state index >= 15 is 0 Å². The van der Waals surface area contributed by atoms with Crippen LogP contribution in [0.5, 0.6) is 0 Å². The molecule has 0 aliphatic carbocycles. The molecule has 0 aliphatic rings. The van der Waals surface area contributed by atoms with E-state index < -0.39 is 9.84 Å². The SMILES string of the molecule is CCS(=O)(=O)CCCC(NC)c1snnc1C(C)(C)C. The lowest BCUT2D eigenvalue weighted by atomic mass is 9.89. The van der Waals surface area contributed by atoms with Crippen LogP contribution in [0.2, 0.25) is 0 Å². The molecule has 0 spiro atoms. The molecule has 1 rings (SSSR count). The van der Waals surface area contributed by atoms with Gasteiger partial charge in [0.25, 0.3) is 0 Å². The molecule has 1 N–H and O–H groups in total. The van der Waals surface area contributed by atoms with Crippen molar-refractivity contribution in [2.75, 3.05) is 18.6 Å². The second kappa shape index (κ2) is 6.95. The average Bonchev–Trinajstić information content (AvgIpc) is 2.83. The summed E-state index contributed by atoms with van der Waals surface area (Å²) in [5.41, 5.74) is 0.952. The minimum atomic E-state index is -2.89. The molecule has 0 saturated carbocycles. The Morgan fingerprint density at radius 2 is 2.00 bits per heavy atom. The van der Waals surface area contributed by atoms with E-state index in [1.54, 1.807) is 6.92 Å². The molecule has 7 heteroatoms. The molecule has 1 aromatic rings. The lowest BCUT2D eigenvalue weighted by Crippen LogP contribution is -2.22. The van der Waals surface area contributed by atoms with Gasteiger partial charge in [0.05, 0.1) is 16.3 Å². The van der Waals surface area contributed by atoms with Gasteiger partial charge in [0, 0.05) is 17.2 Å². The summed E-state index contributed by atoms with van der Waals surface area (Å²) < 4.78 is 27.1. The van der Waals surface area contributed by atoms with E-state index in [1.807, 2.05) is 7.05 Å². The second-order valence-electron chi connectivity index (χ2n) is 5.96. The zero-order valence-electron chi connectivity index (χ0n) is 12.9. The van der Waals surface area contributed by atoms with Crippen molar-refractivity contribution < 1.29 is 8.42 Å². The summed E-state index contributed by atoms with van der Waals surface area (Å²) >= 11 is 1.40. The Balaban J connectivity index is 2.75. The molecule has 0 saturated heterocycles. The highest BCUT2D eigenvalue weighted by Crippen LogP contribution is 2.32. The van der Waals surface area contributed by atoms with Gasteiger partial charge in [-0.05, 0) is 31.4 Å². The van der Waals surface area contributed by atoms with Crippen molar-refractivity contribution in [3.8, 4) is 0 Å². The van der Waals surface area contributed by atoms with Crippen molar-refractivity contribution in [3.63, 3.8) is 0 Å². The van der Waals surface area contributed by atoms with Gasteiger partial charge >= 0.3 is 0 Å². The smallest absolute Gasteiger partial charge is 0.150 e. The highest BCUT2D eigenvalue weighted by molar-refractivity contribution is 7.91. The third kappa shape index (κ3) is 4.79. The summed E-state index contributed by atoms with van der Waals surface area (Å²) in [4.78, 5) is 1.12. The van der Waals surface area contributed by atoms with Gasteiger partial charge in [-0.1, -0.05) is 32.2 Å². The quantitative estimate of drug-likeness (QED) is 0.835. The first-order valence-corrected chi connectivity index (χ1v) is 9.51. The zero-order valence-corrected chi connectivity index (χ0v) is 14.6. The van der Waals surface area contributed by atoms with Gasteiger partial charge < -0.3 is 5.32 Å². The van der Waals surface area contributed by atoms with E-state index in [1.165, 1.54) is 11.5 Å². The Hall–Kier alpha value is -0.530. The third-order valence-corrected chi connectivity index (χ3v) is 5.90. The minimum Gasteiger partial charge on any atom is -0.312 e. The van der Waals surface area contributed by atoms with Gasteiger partial charge in [0.1, 0.15) is 9.84 Å². The molecule has 0 bridgehead atoms. The number of nitrogens with one attached hydrogen (secondary N) is 1. The predicted molar refractivity (Wildman–Crippen MR) is 84.0 cm³/mol. The van der Waals surface area contributed by atoms with Gasteiger partial charge in [-0.15, -0.1) is 5.10 Å². The van der Waals surface area contributed by atoms with Gasteiger partial charge in [0.15, 0.2) is 0 Å². The lowest BCUT2D eigenvalue weighted by molar-refractivity contribution is 0.508. The first-order valence-electron chi connectivity index (χ1n) is 6.91. The van der Waals surface area contributed by atoms with Crippen LogP contribution >= 0.6 is 11.5 Å². The van der Waals surface area contributed by atoms with Gasteiger partial charge in [-0.3, -0.25) is 0 Å². The molecule has 1 atom stereocenters. The highest BCUT2D eigenvalue weighted by Gasteiger charge is 2.26. The monoisotopic (exact) mass is 319 g/mol. The van der Waals surface area contributed by atoms with Crippen LogP contribution in [0.15, 0.2) is 0 Å². The van der Waals surface area contributed by atoms with Crippen LogP contribution < -0.4 is 5.32 Å². The fraction of sp³-hybridized carbons (Fsp3) is 0.846. The summed E-state index contributed by atoms with van der Waals surface area (Å²) in [6, 6.07) is 0.122. The Morgan fingerprint density at radius 3 is 2.50 bits per heavy atom. The number of sulfone groups is 1. The van der Waals surface area contributed by atoms with Crippen molar-refractivity contribution >= 4 is 21.4 Å². The van der Waals surface area contributed by atoms with E-state index in [0.29, 0.717) is 6.42 Å². The molecule has 0 fully saturated rings. The van der Waals surface area contributed by atoms with Crippen molar-refractivity contribution in [1.29, 1.82) is 0 Å². The molecule has 20 heavy (non-hydrogen) atoms. The maximum absolute atomic E-state index is 11.5. The lowest BCUT2D eigenvalue weighted by Gasteiger charge is -2.21. The number of hydrogen-bond donors (Lipinski definition) is 1. The molecule has 1 aromatic heterocycles. The van der Waals surface area contributed by atoms with Crippen LogP contribution in [0.25, 0.3) is 0 Å². The summed E-state index contributed by atoms with van der Waals surface area (Å²) in [6.45, 7) is 8.03. The maximum atomic E-state index is 11.5. The van der Waals surface area contributed by atoms with E-state index in [4.69, 9.17) is 0 Å². The minimum absolute atomic E-state index is 0.0487. The first-order chi connectivity index (χ1) is 9.21. The zero-order chi connectivity index (χ0) is 15.4. The summed E-state index contributed by atoms with van der Waals surface area (Å²) in [7, 11) is -0.992. The molecular weight excluding hydrogens is 294 g/mol. The summed E-state index contributed by atoms with van der Waals surface area (Å²) in [5.74, 6) is 0.464. The summed E-state index contributed by atoms with van der Waals surface area (Å²) in [6.07, 6.45) is 1.44. The normalized spacial score (nSPS) is 14.4. The average molecular weight is 319 g/mol. The van der Waals surface area contributed by atoms with Gasteiger partial charge in [-0.2, -0.15) is 0 Å². The molecule has 0 radical (unpaired) electrons. The third-order valence-electron chi connectivity index (χ3n) is 3.28. The fourth-order valence-electron chi connectivity index (χ4n) is 2.00. The summed E-state index contributed by atoms with van der Waals surface area (Å²) in [5, 5.41) is 7.50. The maximum Gasteiger partial charge on any atom is 0.150 e. The molecule has 116 valence electrons. The topological polar surface area (TPSA) is 72.0 Å². The van der Waals surface area contributed by atoms with E-state index in [-0.39, 0.29) is 23.0 Å². The van der Waals surface area contributed by atoms with E-state index in [0.717, 1.165) is 17.0 Å². The Bertz CT molecular complexity index is 518. The Morgan fingerprint density at radius 1 is 1.35 bits per heavy atom. The second-order valence-corrected chi connectivity index (χ2v) is 9.21. The van der Waals surface area contributed by atoms with Crippen molar-refractivity contribution in [2.24, 2.45) is 0 Å². The predicted octanol–water partition coefficient (Wildman–Crippen LogP) is 2.31. The van der Waals surface area contributed by atoms with Crippen LogP contribution in [0.3, 0.4) is 0 Å². The molecule has 0 aromatic carbocycles. The molecule has 1 heterocycles. The van der Waals surface area contributed by atoms with Crippen LogP contribution in [-0.2, 0) is 15.3 Å². The Kier molecular flexibility index (Phi) is 6.09. The number of aromatic nitrogens is 2. The van der Waals surface area contributed by atoms with E-state index in [9.17, 15) is 8.42 Å². The first kappa shape index (κ1) is 17.5. The van der Waals surface area contributed by atoms with Crippen LogP contribution in [-0.4, -0.2) is 36.6 Å². The van der Waals surface area contributed by atoms with Gasteiger partial charge in [-0.25, -0.2) is 8.42 Å². The molecule has 1 unspecified atom stereocenters. The largest absolute Gasteiger partial charge is 0.312 e. The molecule has 0 amide bonds. The number of rotatable bonds is 7. The van der Waals surface area contributed by atoms with Crippen molar-refractivity contribution in [1.82, 2.24) is 14.9 Å². The van der Waals surface area contributed by atoms with Crippen LogP contribution in [0.4, 0.5) is 0 Å². The number of nitrogens with zero attached hydrogens (tertiary/aromatic N) is 2. The molecule has 0 aliphatic heterocycles. The Labute approximate surface area is 126 Å².